The van der Waals surface area contributed by atoms with E-state index in [0.717, 1.165) is 17.5 Å². The SMILES string of the molecule is O=C(NN1CCc2ccccc2[C@@H]1O)c1ccccc1. The van der Waals surface area contributed by atoms with Crippen LogP contribution < -0.4 is 5.43 Å². The number of aliphatic hydroxyl groups is 1. The molecular formula is C16H16N2O2. The van der Waals surface area contributed by atoms with E-state index in [2.05, 4.69) is 5.43 Å². The second-order valence-corrected chi connectivity index (χ2v) is 4.82. The van der Waals surface area contributed by atoms with E-state index in [1.165, 1.54) is 0 Å². The predicted molar refractivity (Wildman–Crippen MR) is 75.7 cm³/mol. The summed E-state index contributed by atoms with van der Waals surface area (Å²) in [6.07, 6.45) is 0.00933. The van der Waals surface area contributed by atoms with Crippen molar-refractivity contribution < 1.29 is 9.90 Å². The highest BCUT2D eigenvalue weighted by Gasteiger charge is 2.26. The largest absolute Gasteiger partial charge is 0.372 e. The summed E-state index contributed by atoms with van der Waals surface area (Å²) in [4.78, 5) is 12.1. The van der Waals surface area contributed by atoms with Gasteiger partial charge in [-0.1, -0.05) is 42.5 Å². The van der Waals surface area contributed by atoms with Crippen LogP contribution in [0.4, 0.5) is 0 Å². The molecule has 1 aliphatic rings. The van der Waals surface area contributed by atoms with Gasteiger partial charge in [-0.2, -0.15) is 5.01 Å². The Morgan fingerprint density at radius 3 is 2.60 bits per heavy atom. The highest BCUT2D eigenvalue weighted by Crippen LogP contribution is 2.25. The van der Waals surface area contributed by atoms with Crippen LogP contribution in [0, 0.1) is 0 Å². The first-order valence-electron chi connectivity index (χ1n) is 6.64. The molecule has 0 unspecified atom stereocenters. The smallest absolute Gasteiger partial charge is 0.265 e. The van der Waals surface area contributed by atoms with Crippen LogP contribution in [0.2, 0.25) is 0 Å². The van der Waals surface area contributed by atoms with Gasteiger partial charge in [0.25, 0.3) is 5.91 Å². The van der Waals surface area contributed by atoms with Gasteiger partial charge in [0.15, 0.2) is 0 Å². The van der Waals surface area contributed by atoms with E-state index < -0.39 is 6.23 Å². The van der Waals surface area contributed by atoms with Crippen LogP contribution in [-0.2, 0) is 6.42 Å². The molecule has 2 aromatic carbocycles. The van der Waals surface area contributed by atoms with Crippen molar-refractivity contribution in [2.45, 2.75) is 12.6 Å². The van der Waals surface area contributed by atoms with Crippen molar-refractivity contribution in [3.63, 3.8) is 0 Å². The fraction of sp³-hybridized carbons (Fsp3) is 0.188. The Balaban J connectivity index is 1.75. The molecule has 0 radical (unpaired) electrons. The first kappa shape index (κ1) is 12.8. The van der Waals surface area contributed by atoms with Gasteiger partial charge >= 0.3 is 0 Å². The van der Waals surface area contributed by atoms with Gasteiger partial charge in [-0.25, -0.2) is 0 Å². The summed E-state index contributed by atoms with van der Waals surface area (Å²) >= 11 is 0. The first-order valence-corrected chi connectivity index (χ1v) is 6.64. The summed E-state index contributed by atoms with van der Waals surface area (Å²) < 4.78 is 0. The van der Waals surface area contributed by atoms with E-state index in [-0.39, 0.29) is 5.91 Å². The number of amides is 1. The Morgan fingerprint density at radius 1 is 1.10 bits per heavy atom. The third-order valence-corrected chi connectivity index (χ3v) is 3.53. The maximum Gasteiger partial charge on any atom is 0.265 e. The minimum Gasteiger partial charge on any atom is -0.372 e. The molecule has 4 nitrogen and oxygen atoms in total. The number of carbonyl (C=O) groups excluding carboxylic acids is 1. The van der Waals surface area contributed by atoms with Crippen molar-refractivity contribution >= 4 is 5.91 Å². The molecule has 2 N–H and O–H groups in total. The second-order valence-electron chi connectivity index (χ2n) is 4.82. The van der Waals surface area contributed by atoms with Gasteiger partial charge in [0, 0.05) is 17.7 Å². The number of aliphatic hydroxyl groups excluding tert-OH is 1. The molecule has 20 heavy (non-hydrogen) atoms. The van der Waals surface area contributed by atoms with Crippen LogP contribution in [0.1, 0.15) is 27.7 Å². The van der Waals surface area contributed by atoms with Crippen molar-refractivity contribution in [2.75, 3.05) is 6.54 Å². The van der Waals surface area contributed by atoms with Crippen LogP contribution in [-0.4, -0.2) is 22.6 Å². The number of nitrogens with zero attached hydrogens (tertiary/aromatic N) is 1. The lowest BCUT2D eigenvalue weighted by Gasteiger charge is -2.33. The zero-order chi connectivity index (χ0) is 13.9. The number of carbonyl (C=O) groups is 1. The third kappa shape index (κ3) is 2.43. The molecule has 0 fully saturated rings. The lowest BCUT2D eigenvalue weighted by molar-refractivity contribution is -0.0362. The summed E-state index contributed by atoms with van der Waals surface area (Å²) in [5, 5.41) is 11.9. The molecule has 0 bridgehead atoms. The van der Waals surface area contributed by atoms with Gasteiger partial charge < -0.3 is 5.11 Å². The number of hydrazine groups is 1. The van der Waals surface area contributed by atoms with Gasteiger partial charge in [-0.05, 0) is 24.1 Å². The molecule has 1 heterocycles. The monoisotopic (exact) mass is 268 g/mol. The number of fused-ring (bicyclic) bond motifs is 1. The van der Waals surface area contributed by atoms with Crippen LogP contribution in [0.25, 0.3) is 0 Å². The summed E-state index contributed by atoms with van der Waals surface area (Å²) in [5.74, 6) is -0.205. The van der Waals surface area contributed by atoms with Gasteiger partial charge in [0.1, 0.15) is 6.23 Å². The third-order valence-electron chi connectivity index (χ3n) is 3.53. The maximum absolute atomic E-state index is 12.1. The van der Waals surface area contributed by atoms with Crippen molar-refractivity contribution in [3.8, 4) is 0 Å². The zero-order valence-corrected chi connectivity index (χ0v) is 11.0. The molecule has 1 aliphatic heterocycles. The highest BCUT2D eigenvalue weighted by molar-refractivity contribution is 5.93. The lowest BCUT2D eigenvalue weighted by atomic mass is 9.99. The molecule has 3 rings (SSSR count). The molecule has 1 amide bonds. The van der Waals surface area contributed by atoms with Crippen LogP contribution in [0.3, 0.4) is 0 Å². The number of rotatable bonds is 2. The minimum absolute atomic E-state index is 0.205. The molecule has 0 aromatic heterocycles. The maximum atomic E-state index is 12.1. The van der Waals surface area contributed by atoms with Crippen molar-refractivity contribution in [1.29, 1.82) is 0 Å². The van der Waals surface area contributed by atoms with E-state index >= 15 is 0 Å². The topological polar surface area (TPSA) is 52.6 Å². The van der Waals surface area contributed by atoms with Gasteiger partial charge in [-0.3, -0.25) is 10.2 Å². The standard InChI is InChI=1S/C16H16N2O2/c19-15(13-7-2-1-3-8-13)17-18-11-10-12-6-4-5-9-14(12)16(18)20/h1-9,16,20H,10-11H2,(H,17,19)/t16-/m0/s1. The Labute approximate surface area is 117 Å². The van der Waals surface area contributed by atoms with Crippen molar-refractivity contribution in [3.05, 3.63) is 71.3 Å². The van der Waals surface area contributed by atoms with Gasteiger partial charge in [0.2, 0.25) is 0 Å². The lowest BCUT2D eigenvalue weighted by Crippen LogP contribution is -2.47. The molecular weight excluding hydrogens is 252 g/mol. The fourth-order valence-corrected chi connectivity index (χ4v) is 2.45. The number of hydrogen-bond acceptors (Lipinski definition) is 3. The second kappa shape index (κ2) is 5.45. The Hall–Kier alpha value is -2.17. The van der Waals surface area contributed by atoms with E-state index in [4.69, 9.17) is 0 Å². The number of nitrogens with one attached hydrogen (secondary N) is 1. The average Bonchev–Trinajstić information content (AvgIpc) is 2.51. The fourth-order valence-electron chi connectivity index (χ4n) is 2.45. The van der Waals surface area contributed by atoms with Crippen molar-refractivity contribution in [1.82, 2.24) is 10.4 Å². The van der Waals surface area contributed by atoms with E-state index in [0.29, 0.717) is 12.1 Å². The van der Waals surface area contributed by atoms with E-state index in [1.54, 1.807) is 17.1 Å². The summed E-state index contributed by atoms with van der Waals surface area (Å²) in [6, 6.07) is 16.7. The quantitative estimate of drug-likeness (QED) is 0.874. The molecule has 2 aromatic rings. The molecule has 0 aliphatic carbocycles. The Morgan fingerprint density at radius 2 is 1.80 bits per heavy atom. The summed E-state index contributed by atoms with van der Waals surface area (Å²) in [6.45, 7) is 0.594. The number of benzene rings is 2. The zero-order valence-electron chi connectivity index (χ0n) is 11.0. The Kier molecular flexibility index (Phi) is 3.50. The molecule has 4 heteroatoms. The minimum atomic E-state index is -0.799. The normalized spacial score (nSPS) is 18.4. The molecule has 102 valence electrons. The summed E-state index contributed by atoms with van der Waals surface area (Å²) in [7, 11) is 0. The molecule has 0 saturated heterocycles. The Bertz CT molecular complexity index is 613. The van der Waals surface area contributed by atoms with Gasteiger partial charge in [-0.15, -0.1) is 0 Å². The van der Waals surface area contributed by atoms with Crippen LogP contribution in [0.5, 0.6) is 0 Å². The van der Waals surface area contributed by atoms with E-state index in [9.17, 15) is 9.90 Å². The van der Waals surface area contributed by atoms with Crippen molar-refractivity contribution in [2.24, 2.45) is 0 Å². The summed E-state index contributed by atoms with van der Waals surface area (Å²) in [5.41, 5.74) is 5.34. The van der Waals surface area contributed by atoms with Crippen LogP contribution >= 0.6 is 0 Å². The van der Waals surface area contributed by atoms with E-state index in [1.807, 2.05) is 42.5 Å². The molecule has 1 atom stereocenters. The average molecular weight is 268 g/mol. The molecule has 0 spiro atoms. The first-order chi connectivity index (χ1) is 9.75. The van der Waals surface area contributed by atoms with Crippen LogP contribution in [0.15, 0.2) is 54.6 Å². The highest BCUT2D eigenvalue weighted by atomic mass is 16.3. The predicted octanol–water partition coefficient (Wildman–Crippen LogP) is 1.88. The van der Waals surface area contributed by atoms with Gasteiger partial charge in [0.05, 0.1) is 0 Å². The number of hydrogen-bond donors (Lipinski definition) is 2. The molecule has 0 saturated carbocycles.